The summed E-state index contributed by atoms with van der Waals surface area (Å²) in [7, 11) is -6.56. The van der Waals surface area contributed by atoms with E-state index in [2.05, 4.69) is 0 Å². The fraction of sp³-hybridized carbons (Fsp3) is 1.00. The lowest BCUT2D eigenvalue weighted by atomic mass is 10.1. The van der Waals surface area contributed by atoms with Gasteiger partial charge < -0.3 is 5.73 Å². The average molecular weight is 312 g/mol. The molecule has 1 aliphatic heterocycles. The zero-order valence-corrected chi connectivity index (χ0v) is 13.4. The molecule has 1 saturated heterocycles. The molecular formula is C11H24N2O4S2. The maximum atomic E-state index is 12.6. The predicted molar refractivity (Wildman–Crippen MR) is 76.1 cm³/mol. The predicted octanol–water partition coefficient (Wildman–Crippen LogP) is -0.0474. The first-order valence-electron chi connectivity index (χ1n) is 6.49. The molecule has 1 aliphatic rings. The summed E-state index contributed by atoms with van der Waals surface area (Å²) in [5, 5.41) is -0.609. The van der Waals surface area contributed by atoms with Crippen LogP contribution in [0.2, 0.25) is 0 Å². The molecule has 0 radical (unpaired) electrons. The van der Waals surface area contributed by atoms with E-state index in [1.807, 2.05) is 0 Å². The van der Waals surface area contributed by atoms with Crippen LogP contribution in [0.3, 0.4) is 0 Å². The second-order valence-electron chi connectivity index (χ2n) is 5.58. The third-order valence-corrected chi connectivity index (χ3v) is 8.09. The van der Waals surface area contributed by atoms with Crippen LogP contribution in [0.15, 0.2) is 0 Å². The molecule has 0 spiro atoms. The minimum Gasteiger partial charge on any atom is -0.329 e. The molecule has 1 rings (SSSR count). The van der Waals surface area contributed by atoms with E-state index in [0.29, 0.717) is 6.54 Å². The molecule has 0 aromatic heterocycles. The molecule has 19 heavy (non-hydrogen) atoms. The SMILES string of the molecule is CCN(C(C)(C)CN)S(=O)(=O)C1CCS(=O)(=O)CC1. The van der Waals surface area contributed by atoms with Crippen LogP contribution in [0.1, 0.15) is 33.6 Å². The lowest BCUT2D eigenvalue weighted by molar-refractivity contribution is 0.240. The van der Waals surface area contributed by atoms with Crippen molar-refractivity contribution in [2.45, 2.75) is 44.4 Å². The molecule has 0 bridgehead atoms. The quantitative estimate of drug-likeness (QED) is 0.768. The van der Waals surface area contributed by atoms with Crippen molar-refractivity contribution in [1.29, 1.82) is 0 Å². The topological polar surface area (TPSA) is 97.5 Å². The van der Waals surface area contributed by atoms with Gasteiger partial charge in [-0.3, -0.25) is 0 Å². The Hall–Kier alpha value is -0.180. The van der Waals surface area contributed by atoms with E-state index in [1.165, 1.54) is 4.31 Å². The number of hydrogen-bond donors (Lipinski definition) is 1. The summed E-state index contributed by atoms with van der Waals surface area (Å²) in [5.41, 5.74) is 5.00. The van der Waals surface area contributed by atoms with Gasteiger partial charge in [-0.1, -0.05) is 6.92 Å². The molecule has 1 heterocycles. The molecule has 0 amide bonds. The lowest BCUT2D eigenvalue weighted by Gasteiger charge is -2.39. The number of rotatable bonds is 5. The molecule has 0 aromatic carbocycles. The normalized spacial score (nSPS) is 21.7. The van der Waals surface area contributed by atoms with Crippen LogP contribution < -0.4 is 5.73 Å². The maximum absolute atomic E-state index is 12.6. The van der Waals surface area contributed by atoms with Crippen LogP contribution in [0.5, 0.6) is 0 Å². The van der Waals surface area contributed by atoms with Crippen molar-refractivity contribution in [1.82, 2.24) is 4.31 Å². The summed E-state index contributed by atoms with van der Waals surface area (Å²) in [6.45, 7) is 5.91. The molecule has 114 valence electrons. The fourth-order valence-electron chi connectivity index (χ4n) is 2.40. The monoisotopic (exact) mass is 312 g/mol. The number of nitrogens with two attached hydrogens (primary N) is 1. The van der Waals surface area contributed by atoms with Crippen LogP contribution in [-0.4, -0.2) is 56.5 Å². The van der Waals surface area contributed by atoms with Crippen LogP contribution >= 0.6 is 0 Å². The van der Waals surface area contributed by atoms with E-state index in [9.17, 15) is 16.8 Å². The van der Waals surface area contributed by atoms with E-state index < -0.39 is 30.6 Å². The minimum absolute atomic E-state index is 0.0441. The average Bonchev–Trinajstić information content (AvgIpc) is 2.28. The van der Waals surface area contributed by atoms with E-state index in [1.54, 1.807) is 20.8 Å². The van der Waals surface area contributed by atoms with E-state index in [-0.39, 0.29) is 30.9 Å². The summed E-state index contributed by atoms with van der Waals surface area (Å²) in [5.74, 6) is -0.0883. The Morgan fingerprint density at radius 2 is 1.74 bits per heavy atom. The zero-order chi connectivity index (χ0) is 14.9. The molecule has 0 aromatic rings. The van der Waals surface area contributed by atoms with E-state index >= 15 is 0 Å². The van der Waals surface area contributed by atoms with Gasteiger partial charge in [0.05, 0.1) is 16.8 Å². The third-order valence-electron chi connectivity index (χ3n) is 3.69. The maximum Gasteiger partial charge on any atom is 0.217 e. The Labute approximate surface area is 116 Å². The Morgan fingerprint density at radius 3 is 2.11 bits per heavy atom. The van der Waals surface area contributed by atoms with Gasteiger partial charge in [-0.15, -0.1) is 0 Å². The smallest absolute Gasteiger partial charge is 0.217 e. The highest BCUT2D eigenvalue weighted by atomic mass is 32.2. The van der Waals surface area contributed by atoms with Crippen LogP contribution in [0.4, 0.5) is 0 Å². The van der Waals surface area contributed by atoms with Crippen molar-refractivity contribution in [3.8, 4) is 0 Å². The summed E-state index contributed by atoms with van der Waals surface area (Å²) >= 11 is 0. The Balaban J connectivity index is 2.98. The molecule has 6 nitrogen and oxygen atoms in total. The molecule has 0 aliphatic carbocycles. The minimum atomic E-state index is -3.51. The number of nitrogens with zero attached hydrogens (tertiary/aromatic N) is 1. The van der Waals surface area contributed by atoms with Crippen molar-refractivity contribution in [3.63, 3.8) is 0 Å². The second kappa shape index (κ2) is 5.67. The summed E-state index contributed by atoms with van der Waals surface area (Å²) in [6, 6.07) is 0. The van der Waals surface area contributed by atoms with Crippen molar-refractivity contribution < 1.29 is 16.8 Å². The van der Waals surface area contributed by atoms with Crippen molar-refractivity contribution in [2.24, 2.45) is 5.73 Å². The number of hydrogen-bond acceptors (Lipinski definition) is 5. The van der Waals surface area contributed by atoms with Gasteiger partial charge in [-0.25, -0.2) is 16.8 Å². The number of likely N-dealkylation sites (N-methyl/N-ethyl adjacent to an activating group) is 1. The largest absolute Gasteiger partial charge is 0.329 e. The first-order chi connectivity index (χ1) is 8.57. The second-order valence-corrected chi connectivity index (χ2v) is 10.0. The Bertz CT molecular complexity index is 497. The van der Waals surface area contributed by atoms with Gasteiger partial charge in [0, 0.05) is 18.6 Å². The van der Waals surface area contributed by atoms with Gasteiger partial charge >= 0.3 is 0 Å². The number of sulfone groups is 1. The Morgan fingerprint density at radius 1 is 1.26 bits per heavy atom. The highest BCUT2D eigenvalue weighted by Crippen LogP contribution is 2.27. The summed E-state index contributed by atoms with van der Waals surface area (Å²) in [4.78, 5) is 0. The molecule has 8 heteroatoms. The molecule has 1 fully saturated rings. The summed E-state index contributed by atoms with van der Waals surface area (Å²) < 4.78 is 49.4. The lowest BCUT2D eigenvalue weighted by Crippen LogP contribution is -2.55. The van der Waals surface area contributed by atoms with Gasteiger partial charge in [0.15, 0.2) is 0 Å². The first-order valence-corrected chi connectivity index (χ1v) is 9.81. The molecule has 0 unspecified atom stereocenters. The van der Waals surface area contributed by atoms with Crippen molar-refractivity contribution in [3.05, 3.63) is 0 Å². The molecule has 2 N–H and O–H groups in total. The Kier molecular flexibility index (Phi) is 5.03. The van der Waals surface area contributed by atoms with E-state index in [0.717, 1.165) is 0 Å². The standard InChI is InChI=1S/C11H24N2O4S2/c1-4-13(11(2,3)9-12)19(16,17)10-5-7-18(14,15)8-6-10/h10H,4-9,12H2,1-3H3. The molecular weight excluding hydrogens is 288 g/mol. The zero-order valence-electron chi connectivity index (χ0n) is 11.8. The highest BCUT2D eigenvalue weighted by Gasteiger charge is 2.41. The van der Waals surface area contributed by atoms with Gasteiger partial charge in [0.2, 0.25) is 10.0 Å². The molecule has 0 saturated carbocycles. The van der Waals surface area contributed by atoms with Gasteiger partial charge in [-0.2, -0.15) is 4.31 Å². The van der Waals surface area contributed by atoms with Crippen LogP contribution in [-0.2, 0) is 19.9 Å². The summed E-state index contributed by atoms with van der Waals surface area (Å²) in [6.07, 6.45) is 0.365. The van der Waals surface area contributed by atoms with Gasteiger partial charge in [-0.05, 0) is 26.7 Å². The van der Waals surface area contributed by atoms with Gasteiger partial charge in [0.25, 0.3) is 0 Å². The third kappa shape index (κ3) is 3.68. The first kappa shape index (κ1) is 16.9. The molecule has 0 atom stereocenters. The number of sulfonamides is 1. The van der Waals surface area contributed by atoms with Crippen LogP contribution in [0.25, 0.3) is 0 Å². The van der Waals surface area contributed by atoms with Crippen molar-refractivity contribution in [2.75, 3.05) is 24.6 Å². The fourth-order valence-corrected chi connectivity index (χ4v) is 6.50. The van der Waals surface area contributed by atoms with Crippen LogP contribution in [0, 0.1) is 0 Å². The van der Waals surface area contributed by atoms with Crippen molar-refractivity contribution >= 4 is 19.9 Å². The highest BCUT2D eigenvalue weighted by molar-refractivity contribution is 7.92. The van der Waals surface area contributed by atoms with Gasteiger partial charge in [0.1, 0.15) is 9.84 Å². The van der Waals surface area contributed by atoms with E-state index in [4.69, 9.17) is 5.73 Å².